The van der Waals surface area contributed by atoms with Crippen molar-refractivity contribution in [3.63, 3.8) is 0 Å². The maximum atomic E-state index is 7.04. The normalized spacial score (nSPS) is 14.8. The van der Waals surface area contributed by atoms with Crippen LogP contribution in [0.3, 0.4) is 0 Å². The van der Waals surface area contributed by atoms with Gasteiger partial charge >= 0.3 is 0 Å². The van der Waals surface area contributed by atoms with Gasteiger partial charge in [0.05, 0.1) is 0 Å². The molecule has 2 aliphatic rings. The van der Waals surface area contributed by atoms with Gasteiger partial charge in [-0.05, 0) is 116 Å². The molecule has 0 atom stereocenters. The van der Waals surface area contributed by atoms with Crippen molar-refractivity contribution < 1.29 is 17.7 Å². The fraction of sp³-hybridized carbons (Fsp3) is 0.100. The smallest absolute Gasteiger partial charge is 0.144 e. The monoisotopic (exact) mass is 822 g/mol. The molecule has 4 heterocycles. The lowest BCUT2D eigenvalue weighted by molar-refractivity contribution is 0.600. The summed E-state index contributed by atoms with van der Waals surface area (Å²) in [7, 11) is 0. The Kier molecular flexibility index (Phi) is 6.29. The van der Waals surface area contributed by atoms with Crippen LogP contribution in [0.5, 0.6) is 0 Å². The van der Waals surface area contributed by atoms with E-state index in [0.717, 1.165) is 110 Å². The summed E-state index contributed by atoms with van der Waals surface area (Å²) >= 11 is 0. The lowest BCUT2D eigenvalue weighted by Crippen LogP contribution is -2.24. The molecule has 0 unspecified atom stereocenters. The quantitative estimate of drug-likeness (QED) is 0.174. The van der Waals surface area contributed by atoms with Crippen molar-refractivity contribution >= 4 is 87.8 Å². The summed E-state index contributed by atoms with van der Waals surface area (Å²) in [5.41, 5.74) is 21.0. The molecule has 13 aromatic rings. The predicted molar refractivity (Wildman–Crippen MR) is 262 cm³/mol. The molecule has 0 saturated heterocycles. The van der Waals surface area contributed by atoms with Crippen LogP contribution in [-0.2, 0) is 10.8 Å². The third-order valence-electron chi connectivity index (χ3n) is 15.0. The molecular formula is C60H38O4. The highest BCUT2D eigenvalue weighted by Gasteiger charge is 2.48. The standard InChI is InChI=1S/C60H38O4/c1-59(2)43-29-41(31-21-23-35-33-13-5-9-17-45(33)61-49(35)27-31)51-37-15-7-11-19-47(37)63-57(51)53(43)39-25-26-40-54-44(60(3,4)56(40)55(39)59)30-42(52-38-16-8-12-20-48(38)64-58(52)54)32-22-24-36-34-14-6-10-18-46(34)62-50(36)28-32/h5-30H,1-4H3. The SMILES string of the molecule is CC1(C)c2cc(-c3ccc4c(c3)oc3ccccc34)c3c(oc4ccccc43)c2-c2ccc3c(c21)C(C)(C)c1cc(-c2ccc4c(c2)oc2ccccc24)c2c(oc4ccccc42)c1-3. The second-order valence-corrected chi connectivity index (χ2v) is 19.1. The summed E-state index contributed by atoms with van der Waals surface area (Å²) in [6, 6.07) is 56.5. The van der Waals surface area contributed by atoms with Crippen LogP contribution in [-0.4, -0.2) is 0 Å². The highest BCUT2D eigenvalue weighted by molar-refractivity contribution is 6.21. The van der Waals surface area contributed by atoms with E-state index in [-0.39, 0.29) is 10.8 Å². The average Bonchev–Trinajstić information content (AvgIpc) is 4.15. The van der Waals surface area contributed by atoms with Crippen LogP contribution < -0.4 is 0 Å². The molecule has 15 rings (SSSR count). The summed E-state index contributed by atoms with van der Waals surface area (Å²) in [5, 5.41) is 8.99. The van der Waals surface area contributed by atoms with Crippen molar-refractivity contribution in [1.82, 2.24) is 0 Å². The summed E-state index contributed by atoms with van der Waals surface area (Å²) in [5.74, 6) is 0. The number of rotatable bonds is 2. The van der Waals surface area contributed by atoms with Crippen molar-refractivity contribution in [2.45, 2.75) is 38.5 Å². The zero-order valence-corrected chi connectivity index (χ0v) is 35.6. The average molecular weight is 823 g/mol. The van der Waals surface area contributed by atoms with E-state index >= 15 is 0 Å². The summed E-state index contributed by atoms with van der Waals surface area (Å²) in [4.78, 5) is 0. The van der Waals surface area contributed by atoms with E-state index in [1.807, 2.05) is 24.3 Å². The van der Waals surface area contributed by atoms with Gasteiger partial charge < -0.3 is 17.7 Å². The van der Waals surface area contributed by atoms with Gasteiger partial charge in [0.1, 0.15) is 44.7 Å². The van der Waals surface area contributed by atoms with Crippen LogP contribution in [0.4, 0.5) is 0 Å². The Morgan fingerprint density at radius 1 is 0.312 bits per heavy atom. The second-order valence-electron chi connectivity index (χ2n) is 19.1. The molecule has 0 saturated carbocycles. The van der Waals surface area contributed by atoms with Gasteiger partial charge in [0.2, 0.25) is 0 Å². The fourth-order valence-electron chi connectivity index (χ4n) is 12.1. The van der Waals surface area contributed by atoms with Crippen molar-refractivity contribution in [3.8, 4) is 44.5 Å². The van der Waals surface area contributed by atoms with E-state index in [1.54, 1.807) is 0 Å². The number of hydrogen-bond acceptors (Lipinski definition) is 4. The molecule has 64 heavy (non-hydrogen) atoms. The molecule has 2 aliphatic carbocycles. The maximum absolute atomic E-state index is 7.04. The van der Waals surface area contributed by atoms with Crippen LogP contribution in [0.1, 0.15) is 49.9 Å². The van der Waals surface area contributed by atoms with Crippen molar-refractivity contribution in [2.24, 2.45) is 0 Å². The highest BCUT2D eigenvalue weighted by atomic mass is 16.3. The first-order valence-corrected chi connectivity index (χ1v) is 22.2. The predicted octanol–water partition coefficient (Wildman–Crippen LogP) is 17.2. The molecule has 4 nitrogen and oxygen atoms in total. The van der Waals surface area contributed by atoms with E-state index in [1.165, 1.54) is 44.5 Å². The molecule has 0 aliphatic heterocycles. The largest absolute Gasteiger partial charge is 0.456 e. The summed E-state index contributed by atoms with van der Waals surface area (Å²) in [6.45, 7) is 9.62. The van der Waals surface area contributed by atoms with E-state index in [9.17, 15) is 0 Å². The molecule has 0 fully saturated rings. The fourth-order valence-corrected chi connectivity index (χ4v) is 12.1. The van der Waals surface area contributed by atoms with Crippen LogP contribution in [0.25, 0.3) is 132 Å². The minimum Gasteiger partial charge on any atom is -0.456 e. The number of hydrogen-bond donors (Lipinski definition) is 0. The first-order valence-electron chi connectivity index (χ1n) is 22.2. The van der Waals surface area contributed by atoms with Crippen LogP contribution in [0.15, 0.2) is 175 Å². The van der Waals surface area contributed by atoms with Crippen molar-refractivity contribution in [2.75, 3.05) is 0 Å². The Hall–Kier alpha value is -7.82. The number of furan rings is 4. The topological polar surface area (TPSA) is 52.6 Å². The Labute approximate surface area is 366 Å². The molecular weight excluding hydrogens is 785 g/mol. The van der Waals surface area contributed by atoms with Gasteiger partial charge in [0.15, 0.2) is 0 Å². The van der Waals surface area contributed by atoms with Crippen molar-refractivity contribution in [3.05, 3.63) is 180 Å². The Morgan fingerprint density at radius 3 is 1.09 bits per heavy atom. The molecule has 4 heteroatoms. The minimum absolute atomic E-state index is 0.372. The first kappa shape index (κ1) is 34.7. The molecule has 0 spiro atoms. The van der Waals surface area contributed by atoms with Crippen LogP contribution in [0, 0.1) is 0 Å². The van der Waals surface area contributed by atoms with Gasteiger partial charge in [0.25, 0.3) is 0 Å². The zero-order chi connectivity index (χ0) is 42.4. The molecule has 0 radical (unpaired) electrons. The van der Waals surface area contributed by atoms with Gasteiger partial charge in [-0.3, -0.25) is 0 Å². The molecule has 302 valence electrons. The third kappa shape index (κ3) is 4.19. The number of benzene rings is 9. The van der Waals surface area contributed by atoms with E-state index < -0.39 is 0 Å². The summed E-state index contributed by atoms with van der Waals surface area (Å²) in [6.07, 6.45) is 0. The Bertz CT molecular complexity index is 3980. The van der Waals surface area contributed by atoms with Gasteiger partial charge in [-0.25, -0.2) is 0 Å². The summed E-state index contributed by atoms with van der Waals surface area (Å²) < 4.78 is 27.0. The Morgan fingerprint density at radius 2 is 0.672 bits per heavy atom. The minimum atomic E-state index is -0.372. The third-order valence-corrected chi connectivity index (χ3v) is 15.0. The van der Waals surface area contributed by atoms with E-state index in [2.05, 4.69) is 161 Å². The van der Waals surface area contributed by atoms with E-state index in [4.69, 9.17) is 17.7 Å². The maximum Gasteiger partial charge on any atom is 0.144 e. The molecule has 4 aromatic heterocycles. The van der Waals surface area contributed by atoms with Crippen LogP contribution >= 0.6 is 0 Å². The van der Waals surface area contributed by atoms with Gasteiger partial charge in [-0.2, -0.15) is 0 Å². The van der Waals surface area contributed by atoms with Crippen molar-refractivity contribution in [1.29, 1.82) is 0 Å². The van der Waals surface area contributed by atoms with Gasteiger partial charge in [0, 0.05) is 65.0 Å². The molecule has 0 bridgehead atoms. The van der Waals surface area contributed by atoms with E-state index in [0.29, 0.717) is 0 Å². The highest BCUT2D eigenvalue weighted by Crippen LogP contribution is 2.63. The van der Waals surface area contributed by atoms with Gasteiger partial charge in [-0.15, -0.1) is 0 Å². The Balaban J connectivity index is 0.986. The lowest BCUT2D eigenvalue weighted by atomic mass is 9.72. The van der Waals surface area contributed by atoms with Crippen LogP contribution in [0.2, 0.25) is 0 Å². The molecule has 9 aromatic carbocycles. The first-order chi connectivity index (χ1) is 31.2. The number of fused-ring (bicyclic) bond motifs is 21. The molecule has 0 N–H and O–H groups in total. The zero-order valence-electron chi connectivity index (χ0n) is 35.6. The number of para-hydroxylation sites is 4. The lowest BCUT2D eigenvalue weighted by Gasteiger charge is -2.31. The second kappa shape index (κ2) is 11.6. The molecule has 0 amide bonds. The van der Waals surface area contributed by atoms with Gasteiger partial charge in [-0.1, -0.05) is 125 Å².